The lowest BCUT2D eigenvalue weighted by Crippen LogP contribution is -2.05. The van der Waals surface area contributed by atoms with E-state index in [1.807, 2.05) is 55.6 Å². The molecule has 3 aromatic rings. The number of rotatable bonds is 3. The Kier molecular flexibility index (Phi) is 3.90. The lowest BCUT2D eigenvalue weighted by Gasteiger charge is -2.14. The Bertz CT molecular complexity index is 792. The Morgan fingerprint density at radius 2 is 1.71 bits per heavy atom. The van der Waals surface area contributed by atoms with Crippen LogP contribution in [0.3, 0.4) is 0 Å². The van der Waals surface area contributed by atoms with Gasteiger partial charge in [0.1, 0.15) is 5.82 Å². The smallest absolute Gasteiger partial charge is 0.144 e. The van der Waals surface area contributed by atoms with Gasteiger partial charge in [0, 0.05) is 23.0 Å². The van der Waals surface area contributed by atoms with Crippen LogP contribution in [0.5, 0.6) is 0 Å². The van der Waals surface area contributed by atoms with Crippen molar-refractivity contribution in [2.45, 2.75) is 6.92 Å². The number of nitrogens with zero attached hydrogens (tertiary/aromatic N) is 2. The highest BCUT2D eigenvalue weighted by Crippen LogP contribution is 2.26. The summed E-state index contributed by atoms with van der Waals surface area (Å²) in [5, 5.41) is 0. The SMILES string of the molecule is Cc1cnc(-c2ccccc2)n1-c1ccccc1C(=S)S. The molecule has 0 saturated carbocycles. The minimum atomic E-state index is 0.581. The molecule has 0 aliphatic rings. The van der Waals surface area contributed by atoms with E-state index in [-0.39, 0.29) is 0 Å². The van der Waals surface area contributed by atoms with E-state index in [9.17, 15) is 0 Å². The minimum absolute atomic E-state index is 0.581. The van der Waals surface area contributed by atoms with Gasteiger partial charge in [-0.2, -0.15) is 0 Å². The van der Waals surface area contributed by atoms with Crippen LogP contribution in [0.1, 0.15) is 11.3 Å². The van der Waals surface area contributed by atoms with E-state index in [1.54, 1.807) is 0 Å². The first kappa shape index (κ1) is 14.0. The van der Waals surface area contributed by atoms with Crippen LogP contribution in [0.25, 0.3) is 17.1 Å². The molecule has 2 aromatic carbocycles. The van der Waals surface area contributed by atoms with E-state index >= 15 is 0 Å². The quantitative estimate of drug-likeness (QED) is 0.569. The van der Waals surface area contributed by atoms with Crippen LogP contribution in [0.15, 0.2) is 60.8 Å². The molecular weight excluding hydrogens is 296 g/mol. The van der Waals surface area contributed by atoms with Crippen LogP contribution in [0, 0.1) is 6.92 Å². The van der Waals surface area contributed by atoms with E-state index in [0.29, 0.717) is 4.20 Å². The van der Waals surface area contributed by atoms with Gasteiger partial charge >= 0.3 is 0 Å². The summed E-state index contributed by atoms with van der Waals surface area (Å²) >= 11 is 9.60. The molecular formula is C17H14N2S2. The third-order valence-corrected chi connectivity index (χ3v) is 3.81. The number of hydrogen-bond acceptors (Lipinski definition) is 2. The lowest BCUT2D eigenvalue weighted by molar-refractivity contribution is 1.01. The van der Waals surface area contributed by atoms with Crippen molar-refractivity contribution in [3.8, 4) is 17.1 Å². The lowest BCUT2D eigenvalue weighted by atomic mass is 10.1. The van der Waals surface area contributed by atoms with Gasteiger partial charge in [-0.15, -0.1) is 12.6 Å². The zero-order chi connectivity index (χ0) is 14.8. The van der Waals surface area contributed by atoms with Crippen LogP contribution in [0.4, 0.5) is 0 Å². The van der Waals surface area contributed by atoms with Crippen molar-refractivity contribution in [1.82, 2.24) is 9.55 Å². The third-order valence-electron chi connectivity index (χ3n) is 3.35. The summed E-state index contributed by atoms with van der Waals surface area (Å²) in [5.74, 6) is 0.908. The molecule has 104 valence electrons. The molecule has 0 fully saturated rings. The largest absolute Gasteiger partial charge is 0.296 e. The van der Waals surface area contributed by atoms with Gasteiger partial charge in [0.15, 0.2) is 0 Å². The Hall–Kier alpha value is -1.91. The molecule has 0 saturated heterocycles. The normalized spacial score (nSPS) is 10.6. The number of thiocarbonyl (C=S) groups is 1. The highest BCUT2D eigenvalue weighted by Gasteiger charge is 2.14. The molecule has 1 aromatic heterocycles. The van der Waals surface area contributed by atoms with Gasteiger partial charge < -0.3 is 0 Å². The summed E-state index contributed by atoms with van der Waals surface area (Å²) in [6.07, 6.45) is 1.88. The number of aryl methyl sites for hydroxylation is 1. The van der Waals surface area contributed by atoms with Gasteiger partial charge in [-0.1, -0.05) is 60.7 Å². The van der Waals surface area contributed by atoms with Crippen LogP contribution in [-0.2, 0) is 0 Å². The van der Waals surface area contributed by atoms with Crippen molar-refractivity contribution >= 4 is 29.0 Å². The molecule has 0 radical (unpaired) electrons. The van der Waals surface area contributed by atoms with E-state index in [1.165, 1.54) is 0 Å². The molecule has 21 heavy (non-hydrogen) atoms. The molecule has 0 bridgehead atoms. The summed E-state index contributed by atoms with van der Waals surface area (Å²) in [6, 6.07) is 18.1. The fraction of sp³-hybridized carbons (Fsp3) is 0.0588. The summed E-state index contributed by atoms with van der Waals surface area (Å²) < 4.78 is 2.70. The topological polar surface area (TPSA) is 17.8 Å². The van der Waals surface area contributed by atoms with Gasteiger partial charge in [-0.05, 0) is 13.0 Å². The second-order valence-electron chi connectivity index (χ2n) is 4.75. The predicted octanol–water partition coefficient (Wildman–Crippen LogP) is 4.45. The summed E-state index contributed by atoms with van der Waals surface area (Å²) in [7, 11) is 0. The van der Waals surface area contributed by atoms with Crippen LogP contribution < -0.4 is 0 Å². The first-order valence-electron chi connectivity index (χ1n) is 6.61. The molecule has 4 heteroatoms. The van der Waals surface area contributed by atoms with Crippen molar-refractivity contribution in [3.63, 3.8) is 0 Å². The average molecular weight is 310 g/mol. The van der Waals surface area contributed by atoms with Crippen LogP contribution in [0.2, 0.25) is 0 Å². The third kappa shape index (κ3) is 2.64. The van der Waals surface area contributed by atoms with E-state index in [0.717, 1.165) is 28.3 Å². The van der Waals surface area contributed by atoms with Gasteiger partial charge in [0.2, 0.25) is 0 Å². The highest BCUT2D eigenvalue weighted by molar-refractivity contribution is 8.11. The summed E-state index contributed by atoms with van der Waals surface area (Å²) in [5.41, 5.74) is 4.08. The predicted molar refractivity (Wildman–Crippen MR) is 94.4 cm³/mol. The summed E-state index contributed by atoms with van der Waals surface area (Å²) in [6.45, 7) is 2.04. The van der Waals surface area contributed by atoms with Gasteiger partial charge in [-0.3, -0.25) is 4.57 Å². The molecule has 2 nitrogen and oxygen atoms in total. The van der Waals surface area contributed by atoms with Crippen molar-refractivity contribution < 1.29 is 0 Å². The number of hydrogen-bond donors (Lipinski definition) is 1. The molecule has 0 amide bonds. The van der Waals surface area contributed by atoms with Crippen molar-refractivity contribution in [2.75, 3.05) is 0 Å². The average Bonchev–Trinajstić information content (AvgIpc) is 2.89. The number of imidazole rings is 1. The number of thiol groups is 1. The Morgan fingerprint density at radius 1 is 1.05 bits per heavy atom. The number of benzene rings is 2. The number of para-hydroxylation sites is 1. The molecule has 0 spiro atoms. The van der Waals surface area contributed by atoms with Crippen molar-refractivity contribution in [1.29, 1.82) is 0 Å². The molecule has 0 aliphatic heterocycles. The zero-order valence-corrected chi connectivity index (χ0v) is 13.2. The maximum atomic E-state index is 5.26. The van der Waals surface area contributed by atoms with E-state index < -0.39 is 0 Å². The maximum absolute atomic E-state index is 5.26. The van der Waals surface area contributed by atoms with Crippen LogP contribution >= 0.6 is 24.8 Å². The monoisotopic (exact) mass is 310 g/mol. The molecule has 0 N–H and O–H groups in total. The number of aromatic nitrogens is 2. The Morgan fingerprint density at radius 3 is 2.43 bits per heavy atom. The molecule has 0 aliphatic carbocycles. The first-order valence-corrected chi connectivity index (χ1v) is 7.46. The molecule has 0 atom stereocenters. The van der Waals surface area contributed by atoms with Crippen LogP contribution in [-0.4, -0.2) is 13.7 Å². The van der Waals surface area contributed by atoms with Gasteiger partial charge in [0.25, 0.3) is 0 Å². The Labute approximate surface area is 134 Å². The molecule has 1 heterocycles. The fourth-order valence-corrected chi connectivity index (χ4v) is 2.74. The molecule has 3 rings (SSSR count). The second kappa shape index (κ2) is 5.84. The van der Waals surface area contributed by atoms with E-state index in [2.05, 4.69) is 34.3 Å². The fourth-order valence-electron chi connectivity index (χ4n) is 2.38. The van der Waals surface area contributed by atoms with E-state index in [4.69, 9.17) is 12.2 Å². The molecule has 0 unspecified atom stereocenters. The zero-order valence-electron chi connectivity index (χ0n) is 11.5. The second-order valence-corrected chi connectivity index (χ2v) is 5.90. The Balaban J connectivity index is 2.25. The van der Waals surface area contributed by atoms with Crippen molar-refractivity contribution in [2.24, 2.45) is 0 Å². The first-order chi connectivity index (χ1) is 10.2. The highest BCUT2D eigenvalue weighted by atomic mass is 32.1. The minimum Gasteiger partial charge on any atom is -0.296 e. The van der Waals surface area contributed by atoms with Crippen molar-refractivity contribution in [3.05, 3.63) is 72.1 Å². The maximum Gasteiger partial charge on any atom is 0.144 e. The standard InChI is InChI=1S/C17H14N2S2/c1-12-11-18-16(13-7-3-2-4-8-13)19(12)15-10-6-5-9-14(15)17(20)21/h2-11H,1H3,(H,20,21). The summed E-state index contributed by atoms with van der Waals surface area (Å²) in [4.78, 5) is 4.56. The van der Waals surface area contributed by atoms with Gasteiger partial charge in [-0.25, -0.2) is 4.98 Å². The van der Waals surface area contributed by atoms with Gasteiger partial charge in [0.05, 0.1) is 9.88 Å².